The van der Waals surface area contributed by atoms with Crippen LogP contribution < -0.4 is 0 Å². The normalized spacial score (nSPS) is 10.8. The minimum Gasteiger partial charge on any atom is -0.295 e. The molecule has 4 nitrogen and oxygen atoms in total. The Morgan fingerprint density at radius 3 is 2.94 bits per heavy atom. The number of fused-ring (bicyclic) bond motifs is 3. The Balaban J connectivity index is 2.73. The Kier molecular flexibility index (Phi) is 2.00. The molecule has 0 aliphatic heterocycles. The van der Waals surface area contributed by atoms with Crippen molar-refractivity contribution in [2.45, 2.75) is 6.92 Å². The zero-order valence-electron chi connectivity index (χ0n) is 9.06. The number of aryl methyl sites for hydroxylation is 1. The first-order valence-electron chi connectivity index (χ1n) is 5.12. The fraction of sp³-hybridized carbons (Fsp3) is 0.0833. The van der Waals surface area contributed by atoms with Crippen LogP contribution in [0.1, 0.15) is 11.3 Å². The van der Waals surface area contributed by atoms with Gasteiger partial charge in [0.25, 0.3) is 0 Å². The fourth-order valence-electron chi connectivity index (χ4n) is 2.03. The van der Waals surface area contributed by atoms with Crippen molar-refractivity contribution >= 4 is 28.6 Å². The first-order valence-corrected chi connectivity index (χ1v) is 5.53. The molecule has 82 valence electrons. The van der Waals surface area contributed by atoms with Crippen molar-refractivity contribution in [3.05, 3.63) is 40.3 Å². The lowest BCUT2D eigenvalue weighted by Gasteiger charge is -2.00. The van der Waals surface area contributed by atoms with E-state index < -0.39 is 0 Å². The summed E-state index contributed by atoms with van der Waals surface area (Å²) in [6.45, 7) is 1.86. The Morgan fingerprint density at radius 1 is 1.41 bits per heavy atom. The molecule has 2 heterocycles. The molecule has 1 aromatic carbocycles. The number of nitrogens with one attached hydrogen (secondary N) is 1. The molecule has 0 saturated heterocycles. The molecule has 0 spiro atoms. The van der Waals surface area contributed by atoms with Crippen LogP contribution in [0.25, 0.3) is 16.4 Å². The number of nitriles is 1. The van der Waals surface area contributed by atoms with E-state index in [2.05, 4.69) is 16.2 Å². The van der Waals surface area contributed by atoms with Crippen molar-refractivity contribution in [1.29, 1.82) is 5.26 Å². The maximum absolute atomic E-state index is 9.22. The molecule has 0 amide bonds. The Hall–Kier alpha value is -2.19. The third-order valence-electron chi connectivity index (χ3n) is 2.79. The van der Waals surface area contributed by atoms with Gasteiger partial charge >= 0.3 is 0 Å². The molecule has 17 heavy (non-hydrogen) atoms. The second-order valence-corrected chi connectivity index (χ2v) is 4.18. The summed E-state index contributed by atoms with van der Waals surface area (Å²) in [5.41, 5.74) is 3.04. The highest BCUT2D eigenvalue weighted by atomic mass is 32.1. The van der Waals surface area contributed by atoms with Gasteiger partial charge in [-0.3, -0.25) is 5.10 Å². The summed E-state index contributed by atoms with van der Waals surface area (Å²) in [6.07, 6.45) is 0. The van der Waals surface area contributed by atoms with Gasteiger partial charge in [0.15, 0.2) is 0 Å². The van der Waals surface area contributed by atoms with Gasteiger partial charge in [-0.1, -0.05) is 18.2 Å². The minimum atomic E-state index is 0.434. The number of aromatic amines is 1. The van der Waals surface area contributed by atoms with Crippen LogP contribution in [0.5, 0.6) is 0 Å². The highest BCUT2D eigenvalue weighted by Crippen LogP contribution is 2.23. The quantitative estimate of drug-likeness (QED) is 0.615. The van der Waals surface area contributed by atoms with E-state index in [9.17, 15) is 5.26 Å². The number of hydrogen-bond donors (Lipinski definition) is 1. The molecular formula is C12H8N4S. The van der Waals surface area contributed by atoms with Crippen LogP contribution in [0.4, 0.5) is 0 Å². The molecule has 3 rings (SSSR count). The SMILES string of the molecule is Cc1[nH]n2c(=S)nc3ccccc3c2c1C#N. The van der Waals surface area contributed by atoms with E-state index in [-0.39, 0.29) is 0 Å². The first kappa shape index (κ1) is 10.00. The number of para-hydroxylation sites is 1. The molecule has 2 aromatic heterocycles. The number of H-pyrrole nitrogens is 1. The van der Waals surface area contributed by atoms with Crippen LogP contribution in [0.2, 0.25) is 0 Å². The predicted molar refractivity (Wildman–Crippen MR) is 67.3 cm³/mol. The summed E-state index contributed by atoms with van der Waals surface area (Å²) in [7, 11) is 0. The zero-order chi connectivity index (χ0) is 12.0. The number of nitrogens with zero attached hydrogens (tertiary/aromatic N) is 3. The van der Waals surface area contributed by atoms with Crippen LogP contribution in [0.3, 0.4) is 0 Å². The predicted octanol–water partition coefficient (Wildman–Crippen LogP) is 2.73. The molecule has 1 N–H and O–H groups in total. The number of aromatic nitrogens is 3. The molecule has 0 saturated carbocycles. The lowest BCUT2D eigenvalue weighted by Crippen LogP contribution is -1.94. The summed E-state index contributed by atoms with van der Waals surface area (Å²) in [4.78, 5) is 4.33. The number of hydrogen-bond acceptors (Lipinski definition) is 3. The van der Waals surface area contributed by atoms with E-state index in [0.717, 1.165) is 22.1 Å². The van der Waals surface area contributed by atoms with Gasteiger partial charge in [-0.15, -0.1) is 0 Å². The maximum atomic E-state index is 9.22. The van der Waals surface area contributed by atoms with E-state index in [0.29, 0.717) is 10.3 Å². The van der Waals surface area contributed by atoms with Crippen molar-refractivity contribution in [1.82, 2.24) is 14.6 Å². The van der Waals surface area contributed by atoms with Gasteiger partial charge in [-0.05, 0) is 25.2 Å². The summed E-state index contributed by atoms with van der Waals surface area (Å²) >= 11 is 5.21. The molecule has 0 fully saturated rings. The second kappa shape index (κ2) is 3.40. The standard InChI is InChI=1S/C12H8N4S/c1-7-9(6-13)11-8-4-2-3-5-10(8)14-12(17)16(11)15-7/h2-5,15H,1H3. The van der Waals surface area contributed by atoms with Gasteiger partial charge in [0, 0.05) is 11.1 Å². The highest BCUT2D eigenvalue weighted by Gasteiger charge is 2.12. The van der Waals surface area contributed by atoms with E-state index in [1.807, 2.05) is 31.2 Å². The van der Waals surface area contributed by atoms with E-state index >= 15 is 0 Å². The van der Waals surface area contributed by atoms with Gasteiger partial charge in [0.2, 0.25) is 4.77 Å². The van der Waals surface area contributed by atoms with E-state index in [4.69, 9.17) is 12.2 Å². The lowest BCUT2D eigenvalue weighted by molar-refractivity contribution is 0.894. The van der Waals surface area contributed by atoms with Gasteiger partial charge < -0.3 is 0 Å². The van der Waals surface area contributed by atoms with E-state index in [1.54, 1.807) is 4.52 Å². The summed E-state index contributed by atoms with van der Waals surface area (Å²) in [5, 5.41) is 13.2. The van der Waals surface area contributed by atoms with Crippen molar-refractivity contribution in [2.75, 3.05) is 0 Å². The highest BCUT2D eigenvalue weighted by molar-refractivity contribution is 7.71. The molecular weight excluding hydrogens is 232 g/mol. The molecule has 0 unspecified atom stereocenters. The summed E-state index contributed by atoms with van der Waals surface area (Å²) < 4.78 is 2.12. The van der Waals surface area contributed by atoms with Crippen LogP contribution in [0.15, 0.2) is 24.3 Å². The lowest BCUT2D eigenvalue weighted by atomic mass is 10.1. The molecule has 0 radical (unpaired) electrons. The Bertz CT molecular complexity index is 835. The molecule has 3 aromatic rings. The zero-order valence-corrected chi connectivity index (χ0v) is 9.88. The molecule has 0 aliphatic carbocycles. The topological polar surface area (TPSA) is 56.9 Å². The van der Waals surface area contributed by atoms with Crippen LogP contribution in [-0.2, 0) is 0 Å². The Morgan fingerprint density at radius 2 is 2.18 bits per heavy atom. The van der Waals surface area contributed by atoms with Crippen molar-refractivity contribution < 1.29 is 0 Å². The van der Waals surface area contributed by atoms with Crippen molar-refractivity contribution in [2.24, 2.45) is 0 Å². The van der Waals surface area contributed by atoms with Gasteiger partial charge in [0.05, 0.1) is 16.6 Å². The fourth-order valence-corrected chi connectivity index (χ4v) is 2.26. The van der Waals surface area contributed by atoms with Crippen LogP contribution in [-0.4, -0.2) is 14.6 Å². The maximum Gasteiger partial charge on any atom is 0.219 e. The van der Waals surface area contributed by atoms with Gasteiger partial charge in [0.1, 0.15) is 6.07 Å². The monoisotopic (exact) mass is 240 g/mol. The van der Waals surface area contributed by atoms with Gasteiger partial charge in [-0.25, -0.2) is 9.50 Å². The third-order valence-corrected chi connectivity index (χ3v) is 3.07. The van der Waals surface area contributed by atoms with Crippen LogP contribution >= 0.6 is 12.2 Å². The summed E-state index contributed by atoms with van der Waals surface area (Å²) in [5.74, 6) is 0. The van der Waals surface area contributed by atoms with Crippen LogP contribution in [0, 0.1) is 23.0 Å². The molecule has 5 heteroatoms. The minimum absolute atomic E-state index is 0.434. The first-order chi connectivity index (χ1) is 8.22. The smallest absolute Gasteiger partial charge is 0.219 e. The number of rotatable bonds is 0. The molecule has 0 aliphatic rings. The second-order valence-electron chi connectivity index (χ2n) is 3.82. The molecule has 0 bridgehead atoms. The van der Waals surface area contributed by atoms with Gasteiger partial charge in [-0.2, -0.15) is 5.26 Å². The average molecular weight is 240 g/mol. The third kappa shape index (κ3) is 1.28. The van der Waals surface area contributed by atoms with Crippen molar-refractivity contribution in [3.8, 4) is 6.07 Å². The molecule has 0 atom stereocenters. The van der Waals surface area contributed by atoms with Crippen molar-refractivity contribution in [3.63, 3.8) is 0 Å². The summed E-state index contributed by atoms with van der Waals surface area (Å²) in [6, 6.07) is 9.89. The largest absolute Gasteiger partial charge is 0.295 e. The average Bonchev–Trinajstić information content (AvgIpc) is 2.67. The Labute approximate surface area is 102 Å². The van der Waals surface area contributed by atoms with E-state index in [1.165, 1.54) is 0 Å². The number of benzene rings is 1.